The molecule has 0 atom stereocenters. The van der Waals surface area contributed by atoms with E-state index in [0.717, 1.165) is 5.56 Å². The van der Waals surface area contributed by atoms with E-state index in [1.165, 1.54) is 22.8 Å². The maximum Gasteiger partial charge on any atom is 0.247 e. The fourth-order valence-electron chi connectivity index (χ4n) is 1.86. The topological polar surface area (TPSA) is 114 Å². The zero-order valence-electron chi connectivity index (χ0n) is 12.5. The van der Waals surface area contributed by atoms with Gasteiger partial charge in [-0.05, 0) is 18.2 Å². The highest BCUT2D eigenvalue weighted by molar-refractivity contribution is 7.98. The number of rotatable bonds is 6. The van der Waals surface area contributed by atoms with E-state index in [1.54, 1.807) is 26.4 Å². The van der Waals surface area contributed by atoms with Gasteiger partial charge in [-0.3, -0.25) is 0 Å². The van der Waals surface area contributed by atoms with E-state index >= 15 is 0 Å². The van der Waals surface area contributed by atoms with Crippen molar-refractivity contribution in [1.82, 2.24) is 25.1 Å². The van der Waals surface area contributed by atoms with Crippen LogP contribution >= 0.6 is 11.8 Å². The number of nitrogen functional groups attached to an aromatic ring is 1. The average Bonchev–Trinajstić information content (AvgIpc) is 3.21. The van der Waals surface area contributed by atoms with Crippen LogP contribution in [0.1, 0.15) is 5.89 Å². The van der Waals surface area contributed by atoms with Crippen LogP contribution in [0.15, 0.2) is 34.1 Å². The Balaban J connectivity index is 1.75. The van der Waals surface area contributed by atoms with Crippen molar-refractivity contribution >= 4 is 11.8 Å². The number of hydrogen-bond acceptors (Lipinski definition) is 9. The molecule has 0 spiro atoms. The van der Waals surface area contributed by atoms with Crippen molar-refractivity contribution in [2.75, 3.05) is 20.1 Å². The van der Waals surface area contributed by atoms with Crippen LogP contribution in [-0.4, -0.2) is 39.3 Å². The molecule has 0 aliphatic heterocycles. The van der Waals surface area contributed by atoms with Gasteiger partial charge in [-0.1, -0.05) is 11.8 Å². The van der Waals surface area contributed by atoms with Gasteiger partial charge in [0.2, 0.25) is 16.9 Å². The highest BCUT2D eigenvalue weighted by Crippen LogP contribution is 2.32. The normalized spacial score (nSPS) is 10.7. The summed E-state index contributed by atoms with van der Waals surface area (Å²) >= 11 is 1.35. The minimum atomic E-state index is 0.399. The zero-order chi connectivity index (χ0) is 16.2. The van der Waals surface area contributed by atoms with Gasteiger partial charge in [0.1, 0.15) is 6.33 Å². The van der Waals surface area contributed by atoms with E-state index in [0.29, 0.717) is 34.2 Å². The second-order valence-electron chi connectivity index (χ2n) is 4.38. The molecule has 0 aliphatic rings. The SMILES string of the molecule is COc1ccc(-c2nnc(CSc3nncn3N)o2)cc1OC. The van der Waals surface area contributed by atoms with Crippen LogP contribution in [0, 0.1) is 0 Å². The van der Waals surface area contributed by atoms with Crippen LogP contribution in [0.25, 0.3) is 11.5 Å². The summed E-state index contributed by atoms with van der Waals surface area (Å²) in [5.74, 6) is 8.17. The third-order valence-corrected chi connectivity index (χ3v) is 3.90. The quantitative estimate of drug-likeness (QED) is 0.527. The molecule has 0 amide bonds. The first-order valence-corrected chi connectivity index (χ1v) is 7.52. The molecule has 23 heavy (non-hydrogen) atoms. The molecule has 2 N–H and O–H groups in total. The largest absolute Gasteiger partial charge is 0.493 e. The third-order valence-electron chi connectivity index (χ3n) is 2.96. The monoisotopic (exact) mass is 334 g/mol. The molecule has 2 aromatic heterocycles. The van der Waals surface area contributed by atoms with E-state index in [2.05, 4.69) is 20.4 Å². The third kappa shape index (κ3) is 3.21. The molecule has 9 nitrogen and oxygen atoms in total. The Morgan fingerprint density at radius 2 is 2.00 bits per heavy atom. The van der Waals surface area contributed by atoms with Crippen LogP contribution in [0.3, 0.4) is 0 Å². The summed E-state index contributed by atoms with van der Waals surface area (Å²) in [6, 6.07) is 5.38. The number of ether oxygens (including phenoxy) is 2. The number of benzene rings is 1. The van der Waals surface area contributed by atoms with Gasteiger partial charge in [-0.25, -0.2) is 4.68 Å². The van der Waals surface area contributed by atoms with Gasteiger partial charge >= 0.3 is 0 Å². The van der Waals surface area contributed by atoms with Crippen molar-refractivity contribution in [3.63, 3.8) is 0 Å². The Labute approximate surface area is 135 Å². The number of nitrogens with two attached hydrogens (primary N) is 1. The summed E-state index contributed by atoms with van der Waals surface area (Å²) in [6.07, 6.45) is 1.42. The van der Waals surface area contributed by atoms with E-state index in [1.807, 2.05) is 6.07 Å². The molecule has 0 saturated carbocycles. The molecule has 3 aromatic rings. The molecule has 10 heteroatoms. The Bertz CT molecular complexity index is 803. The van der Waals surface area contributed by atoms with Gasteiger partial charge in [-0.15, -0.1) is 20.4 Å². The maximum absolute atomic E-state index is 5.64. The lowest BCUT2D eigenvalue weighted by Crippen LogP contribution is -2.07. The van der Waals surface area contributed by atoms with Gasteiger partial charge in [0, 0.05) is 5.56 Å². The summed E-state index contributed by atoms with van der Waals surface area (Å²) in [5, 5.41) is 16.2. The van der Waals surface area contributed by atoms with E-state index in [-0.39, 0.29) is 0 Å². The maximum atomic E-state index is 5.64. The Hall–Kier alpha value is -2.75. The number of hydrogen-bond donors (Lipinski definition) is 1. The second-order valence-corrected chi connectivity index (χ2v) is 5.32. The van der Waals surface area contributed by atoms with Crippen LogP contribution in [0.4, 0.5) is 0 Å². The molecular weight excluding hydrogens is 320 g/mol. The summed E-state index contributed by atoms with van der Waals surface area (Å²) in [5.41, 5.74) is 0.744. The van der Waals surface area contributed by atoms with Crippen molar-refractivity contribution in [3.8, 4) is 23.0 Å². The van der Waals surface area contributed by atoms with Crippen molar-refractivity contribution in [3.05, 3.63) is 30.4 Å². The number of thioether (sulfide) groups is 1. The molecule has 1 aromatic carbocycles. The second kappa shape index (κ2) is 6.57. The molecule has 3 rings (SSSR count). The average molecular weight is 334 g/mol. The number of methoxy groups -OCH3 is 2. The molecule has 0 saturated heterocycles. The van der Waals surface area contributed by atoms with Crippen LogP contribution in [-0.2, 0) is 5.75 Å². The zero-order valence-corrected chi connectivity index (χ0v) is 13.3. The molecular formula is C13H14N6O3S. The highest BCUT2D eigenvalue weighted by Gasteiger charge is 2.13. The van der Waals surface area contributed by atoms with Crippen molar-refractivity contribution < 1.29 is 13.9 Å². The fraction of sp³-hybridized carbons (Fsp3) is 0.231. The van der Waals surface area contributed by atoms with Gasteiger partial charge in [0.05, 0.1) is 20.0 Å². The number of aromatic nitrogens is 5. The molecule has 0 radical (unpaired) electrons. The van der Waals surface area contributed by atoms with E-state index in [4.69, 9.17) is 19.7 Å². The van der Waals surface area contributed by atoms with Crippen LogP contribution < -0.4 is 15.3 Å². The molecule has 0 aliphatic carbocycles. The first kappa shape index (κ1) is 15.2. The minimum Gasteiger partial charge on any atom is -0.493 e. The van der Waals surface area contributed by atoms with Gasteiger partial charge < -0.3 is 19.7 Å². The molecule has 0 fully saturated rings. The standard InChI is InChI=1S/C13H14N6O3S/c1-20-9-4-3-8(5-10(9)21-2)12-17-16-11(22-12)6-23-13-18-15-7-19(13)14/h3-5,7H,6,14H2,1-2H3. The molecule has 0 unspecified atom stereocenters. The van der Waals surface area contributed by atoms with Gasteiger partial charge in [0.25, 0.3) is 0 Å². The van der Waals surface area contributed by atoms with Crippen molar-refractivity contribution in [1.29, 1.82) is 0 Å². The molecule has 0 bridgehead atoms. The first-order valence-electron chi connectivity index (χ1n) is 6.54. The lowest BCUT2D eigenvalue weighted by atomic mass is 10.2. The first-order chi connectivity index (χ1) is 11.2. The summed E-state index contributed by atoms with van der Waals surface area (Å²) in [6.45, 7) is 0. The number of nitrogens with zero attached hydrogens (tertiary/aromatic N) is 5. The predicted molar refractivity (Wildman–Crippen MR) is 82.6 cm³/mol. The smallest absolute Gasteiger partial charge is 0.247 e. The lowest BCUT2D eigenvalue weighted by molar-refractivity contribution is 0.355. The Morgan fingerprint density at radius 1 is 1.17 bits per heavy atom. The van der Waals surface area contributed by atoms with Gasteiger partial charge in [0.15, 0.2) is 11.5 Å². The van der Waals surface area contributed by atoms with Gasteiger partial charge in [-0.2, -0.15) is 0 Å². The fourth-order valence-corrected chi connectivity index (χ4v) is 2.53. The predicted octanol–water partition coefficient (Wildman–Crippen LogP) is 1.35. The van der Waals surface area contributed by atoms with Crippen LogP contribution in [0.5, 0.6) is 11.5 Å². The lowest BCUT2D eigenvalue weighted by Gasteiger charge is -2.07. The van der Waals surface area contributed by atoms with Crippen LogP contribution in [0.2, 0.25) is 0 Å². The van der Waals surface area contributed by atoms with Crippen molar-refractivity contribution in [2.24, 2.45) is 0 Å². The Kier molecular flexibility index (Phi) is 4.33. The van der Waals surface area contributed by atoms with Crippen molar-refractivity contribution in [2.45, 2.75) is 10.9 Å². The summed E-state index contributed by atoms with van der Waals surface area (Å²) in [7, 11) is 3.15. The summed E-state index contributed by atoms with van der Waals surface area (Å²) < 4.78 is 17.4. The summed E-state index contributed by atoms with van der Waals surface area (Å²) in [4.78, 5) is 0. The Morgan fingerprint density at radius 3 is 2.70 bits per heavy atom. The van der Waals surface area contributed by atoms with E-state index < -0.39 is 0 Å². The molecule has 120 valence electrons. The minimum absolute atomic E-state index is 0.399. The molecule has 2 heterocycles. The van der Waals surface area contributed by atoms with E-state index in [9.17, 15) is 0 Å². The highest BCUT2D eigenvalue weighted by atomic mass is 32.2.